The highest BCUT2D eigenvalue weighted by molar-refractivity contribution is 7.99. The second-order valence-electron chi connectivity index (χ2n) is 4.21. The zero-order valence-electron chi connectivity index (χ0n) is 9.71. The number of thioether (sulfide) groups is 1. The number of benzene rings is 1. The van der Waals surface area contributed by atoms with Gasteiger partial charge in [0.2, 0.25) is 0 Å². The van der Waals surface area contributed by atoms with Crippen LogP contribution in [-0.2, 0) is 0 Å². The van der Waals surface area contributed by atoms with Crippen LogP contribution in [0.15, 0.2) is 12.1 Å². The van der Waals surface area contributed by atoms with E-state index in [2.05, 4.69) is 5.32 Å². The van der Waals surface area contributed by atoms with E-state index in [9.17, 15) is 13.6 Å². The van der Waals surface area contributed by atoms with E-state index in [0.717, 1.165) is 36.5 Å². The van der Waals surface area contributed by atoms with Gasteiger partial charge in [-0.15, -0.1) is 0 Å². The van der Waals surface area contributed by atoms with Crippen molar-refractivity contribution in [2.24, 2.45) is 0 Å². The average Bonchev–Trinajstić information content (AvgIpc) is 2.36. The number of carbonyl (C=O) groups excluding carboxylic acids is 1. The van der Waals surface area contributed by atoms with E-state index in [-0.39, 0.29) is 11.6 Å². The minimum Gasteiger partial charge on any atom is -0.394 e. The number of hydrogen-bond acceptors (Lipinski definition) is 3. The van der Waals surface area contributed by atoms with E-state index in [0.29, 0.717) is 0 Å². The maximum Gasteiger partial charge on any atom is 0.251 e. The number of halogens is 2. The van der Waals surface area contributed by atoms with Crippen LogP contribution in [-0.4, -0.2) is 23.5 Å². The molecule has 0 aliphatic carbocycles. The maximum atomic E-state index is 13.2. The Kier molecular flexibility index (Phi) is 4.06. The van der Waals surface area contributed by atoms with Crippen LogP contribution in [0.1, 0.15) is 23.2 Å². The first-order valence-corrected chi connectivity index (χ1v) is 6.86. The van der Waals surface area contributed by atoms with Gasteiger partial charge in [0.25, 0.3) is 5.91 Å². The van der Waals surface area contributed by atoms with Gasteiger partial charge in [0.15, 0.2) is 0 Å². The summed E-state index contributed by atoms with van der Waals surface area (Å²) in [7, 11) is 0. The van der Waals surface area contributed by atoms with Crippen LogP contribution < -0.4 is 11.1 Å². The number of hydrogen-bond donors (Lipinski definition) is 2. The molecule has 3 nitrogen and oxygen atoms in total. The summed E-state index contributed by atoms with van der Waals surface area (Å²) in [6, 6.07) is 2.01. The molecule has 3 N–H and O–H groups in total. The van der Waals surface area contributed by atoms with Gasteiger partial charge in [0.05, 0.1) is 0 Å². The summed E-state index contributed by atoms with van der Waals surface area (Å²) < 4.78 is 26.5. The third kappa shape index (κ3) is 2.93. The molecule has 1 amide bonds. The van der Waals surface area contributed by atoms with Crippen LogP contribution in [0.5, 0.6) is 0 Å². The predicted octanol–water partition coefficient (Wildman–Crippen LogP) is 2.17. The molecule has 18 heavy (non-hydrogen) atoms. The Hall–Kier alpha value is -1.30. The van der Waals surface area contributed by atoms with E-state index >= 15 is 0 Å². The second-order valence-corrected chi connectivity index (χ2v) is 5.44. The van der Waals surface area contributed by atoms with Crippen LogP contribution in [0.3, 0.4) is 0 Å². The molecule has 0 radical (unpaired) electrons. The molecule has 0 atom stereocenters. The van der Waals surface area contributed by atoms with Gasteiger partial charge in [-0.25, -0.2) is 8.78 Å². The fourth-order valence-electron chi connectivity index (χ4n) is 1.83. The number of nitrogens with two attached hydrogens (primary N) is 1. The lowest BCUT2D eigenvalue weighted by molar-refractivity contribution is 0.0934. The first-order valence-electron chi connectivity index (χ1n) is 5.71. The highest BCUT2D eigenvalue weighted by Crippen LogP contribution is 2.19. The van der Waals surface area contributed by atoms with Crippen molar-refractivity contribution in [3.8, 4) is 0 Å². The molecule has 0 saturated carbocycles. The van der Waals surface area contributed by atoms with Crippen LogP contribution in [0.25, 0.3) is 0 Å². The Morgan fingerprint density at radius 2 is 1.83 bits per heavy atom. The minimum absolute atomic E-state index is 0.0302. The van der Waals surface area contributed by atoms with Crippen LogP contribution >= 0.6 is 11.8 Å². The van der Waals surface area contributed by atoms with Gasteiger partial charge in [-0.1, -0.05) is 0 Å². The first kappa shape index (κ1) is 13.1. The number of nitrogens with one attached hydrogen (secondary N) is 1. The first-order chi connectivity index (χ1) is 8.58. The molecule has 1 fully saturated rings. The molecule has 6 heteroatoms. The Bertz CT molecular complexity index is 438. The smallest absolute Gasteiger partial charge is 0.251 e. The molecule has 1 aromatic carbocycles. The van der Waals surface area contributed by atoms with Crippen molar-refractivity contribution in [1.29, 1.82) is 0 Å². The molecule has 98 valence electrons. The molecule has 1 saturated heterocycles. The summed E-state index contributed by atoms with van der Waals surface area (Å²) in [5, 5.41) is 2.78. The standard InChI is InChI=1S/C12H14F2N2OS/c13-9-5-7(6-10(14)11(9)15)12(17)16-8-1-3-18-4-2-8/h5-6,8H,1-4,15H2,(H,16,17). The fraction of sp³-hybridized carbons (Fsp3) is 0.417. The molecule has 0 spiro atoms. The summed E-state index contributed by atoms with van der Waals surface area (Å²) in [6.07, 6.45) is 1.77. The van der Waals surface area contributed by atoms with E-state index in [1.54, 1.807) is 0 Å². The normalized spacial score (nSPS) is 16.6. The number of amides is 1. The van der Waals surface area contributed by atoms with Crippen molar-refractivity contribution in [2.75, 3.05) is 17.2 Å². The third-order valence-corrected chi connectivity index (χ3v) is 3.95. The molecule has 0 aromatic heterocycles. The third-order valence-electron chi connectivity index (χ3n) is 2.90. The highest BCUT2D eigenvalue weighted by atomic mass is 32.2. The summed E-state index contributed by atoms with van der Waals surface area (Å²) in [6.45, 7) is 0. The van der Waals surface area contributed by atoms with Crippen molar-refractivity contribution in [1.82, 2.24) is 5.32 Å². The highest BCUT2D eigenvalue weighted by Gasteiger charge is 2.18. The number of anilines is 1. The lowest BCUT2D eigenvalue weighted by Crippen LogP contribution is -2.37. The Labute approximate surface area is 108 Å². The number of carbonyl (C=O) groups is 1. The molecule has 1 aliphatic rings. The van der Waals surface area contributed by atoms with Gasteiger partial charge in [-0.3, -0.25) is 4.79 Å². The largest absolute Gasteiger partial charge is 0.394 e. The molecule has 0 bridgehead atoms. The summed E-state index contributed by atoms with van der Waals surface area (Å²) >= 11 is 1.84. The van der Waals surface area contributed by atoms with Crippen LogP contribution in [0, 0.1) is 11.6 Å². The van der Waals surface area contributed by atoms with Crippen molar-refractivity contribution in [3.05, 3.63) is 29.3 Å². The van der Waals surface area contributed by atoms with Gasteiger partial charge in [-0.2, -0.15) is 11.8 Å². The van der Waals surface area contributed by atoms with Crippen LogP contribution in [0.4, 0.5) is 14.5 Å². The fourth-order valence-corrected chi connectivity index (χ4v) is 2.93. The van der Waals surface area contributed by atoms with E-state index in [1.807, 2.05) is 11.8 Å². The lowest BCUT2D eigenvalue weighted by Gasteiger charge is -2.22. The van der Waals surface area contributed by atoms with Crippen molar-refractivity contribution < 1.29 is 13.6 Å². The second kappa shape index (κ2) is 5.56. The molecule has 0 unspecified atom stereocenters. The van der Waals surface area contributed by atoms with Crippen molar-refractivity contribution >= 4 is 23.4 Å². The van der Waals surface area contributed by atoms with Crippen LogP contribution in [0.2, 0.25) is 0 Å². The molecular formula is C12H14F2N2OS. The molecular weight excluding hydrogens is 258 g/mol. The topological polar surface area (TPSA) is 55.1 Å². The minimum atomic E-state index is -0.903. The molecule has 1 aromatic rings. The zero-order chi connectivity index (χ0) is 13.1. The monoisotopic (exact) mass is 272 g/mol. The van der Waals surface area contributed by atoms with E-state index in [4.69, 9.17) is 5.73 Å². The summed E-state index contributed by atoms with van der Waals surface area (Å²) in [5.41, 5.74) is 4.57. The summed E-state index contributed by atoms with van der Waals surface area (Å²) in [4.78, 5) is 11.8. The Morgan fingerprint density at radius 1 is 1.28 bits per heavy atom. The summed E-state index contributed by atoms with van der Waals surface area (Å²) in [5.74, 6) is -0.270. The SMILES string of the molecule is Nc1c(F)cc(C(=O)NC2CCSCC2)cc1F. The van der Waals surface area contributed by atoms with Gasteiger partial charge >= 0.3 is 0 Å². The van der Waals surface area contributed by atoms with Gasteiger partial charge in [0.1, 0.15) is 17.3 Å². The maximum absolute atomic E-state index is 13.2. The molecule has 2 rings (SSSR count). The van der Waals surface area contributed by atoms with Crippen molar-refractivity contribution in [3.63, 3.8) is 0 Å². The van der Waals surface area contributed by atoms with E-state index in [1.165, 1.54) is 0 Å². The van der Waals surface area contributed by atoms with Gasteiger partial charge in [0, 0.05) is 11.6 Å². The predicted molar refractivity (Wildman–Crippen MR) is 68.6 cm³/mol. The molecule has 1 aliphatic heterocycles. The average molecular weight is 272 g/mol. The zero-order valence-corrected chi connectivity index (χ0v) is 10.5. The quantitative estimate of drug-likeness (QED) is 0.811. The van der Waals surface area contributed by atoms with Gasteiger partial charge in [-0.05, 0) is 36.5 Å². The lowest BCUT2D eigenvalue weighted by atomic mass is 10.1. The Balaban J connectivity index is 2.08. The Morgan fingerprint density at radius 3 is 2.39 bits per heavy atom. The van der Waals surface area contributed by atoms with Gasteiger partial charge < -0.3 is 11.1 Å². The number of nitrogen functional groups attached to an aromatic ring is 1. The molecule has 1 heterocycles. The number of rotatable bonds is 2. The van der Waals surface area contributed by atoms with E-state index < -0.39 is 23.2 Å². The van der Waals surface area contributed by atoms with Crippen molar-refractivity contribution in [2.45, 2.75) is 18.9 Å².